The highest BCUT2D eigenvalue weighted by molar-refractivity contribution is 7.16. The Morgan fingerprint density at radius 2 is 2.25 bits per heavy atom. The first-order valence-corrected chi connectivity index (χ1v) is 6.39. The van der Waals surface area contributed by atoms with Crippen LogP contribution in [0.25, 0.3) is 11.6 Å². The minimum Gasteiger partial charge on any atom is -0.397 e. The maximum atomic E-state index is 11.9. The van der Waals surface area contributed by atoms with Crippen LogP contribution in [0.15, 0.2) is 24.4 Å². The molecule has 0 atom stereocenters. The molecule has 0 bridgehead atoms. The Balaban J connectivity index is 2.05. The van der Waals surface area contributed by atoms with Gasteiger partial charge in [-0.3, -0.25) is 14.9 Å². The third-order valence-corrected chi connectivity index (χ3v) is 3.74. The second kappa shape index (κ2) is 4.42. The number of thiophene rings is 1. The largest absolute Gasteiger partial charge is 0.397 e. The normalized spacial score (nSPS) is 15.2. The van der Waals surface area contributed by atoms with Crippen molar-refractivity contribution < 1.29 is 9.72 Å². The Hall–Kier alpha value is -2.74. The summed E-state index contributed by atoms with van der Waals surface area (Å²) in [5.74, 6) is 0.149. The first kappa shape index (κ1) is 12.3. The molecule has 3 heterocycles. The Bertz CT molecular complexity index is 766. The minimum absolute atomic E-state index is 0.0289. The maximum Gasteiger partial charge on any atom is 0.324 e. The fourth-order valence-electron chi connectivity index (χ4n) is 1.89. The molecule has 0 spiro atoms. The van der Waals surface area contributed by atoms with Crippen LogP contribution in [0.3, 0.4) is 0 Å². The third kappa shape index (κ3) is 2.01. The number of aromatic nitrogens is 1. The summed E-state index contributed by atoms with van der Waals surface area (Å²) < 4.78 is 0. The number of hydrogen-bond acceptors (Lipinski definition) is 6. The Morgan fingerprint density at radius 1 is 1.45 bits per heavy atom. The average molecular weight is 288 g/mol. The van der Waals surface area contributed by atoms with Crippen molar-refractivity contribution in [2.75, 3.05) is 11.1 Å². The lowest BCUT2D eigenvalue weighted by Gasteiger charge is -1.98. The van der Waals surface area contributed by atoms with Crippen LogP contribution in [0.4, 0.5) is 16.5 Å². The predicted octanol–water partition coefficient (Wildman–Crippen LogP) is 2.13. The Kier molecular flexibility index (Phi) is 2.72. The van der Waals surface area contributed by atoms with E-state index in [1.165, 1.54) is 12.3 Å². The summed E-state index contributed by atoms with van der Waals surface area (Å²) >= 11 is 1.00. The van der Waals surface area contributed by atoms with Gasteiger partial charge in [-0.25, -0.2) is 4.98 Å². The molecule has 0 aliphatic carbocycles. The van der Waals surface area contributed by atoms with Gasteiger partial charge in [0.1, 0.15) is 5.82 Å². The number of carbonyl (C=O) groups excluding carboxylic acids is 1. The molecule has 1 aliphatic heterocycles. The number of carbonyl (C=O) groups is 1. The van der Waals surface area contributed by atoms with E-state index < -0.39 is 4.92 Å². The van der Waals surface area contributed by atoms with Gasteiger partial charge in [-0.05, 0) is 18.2 Å². The molecule has 3 rings (SSSR count). The third-order valence-electron chi connectivity index (χ3n) is 2.75. The number of hydrogen-bond donors (Lipinski definition) is 2. The first-order chi connectivity index (χ1) is 9.54. The van der Waals surface area contributed by atoms with Crippen LogP contribution in [0, 0.1) is 10.1 Å². The summed E-state index contributed by atoms with van der Waals surface area (Å²) in [6.45, 7) is 0. The number of pyridine rings is 1. The minimum atomic E-state index is -0.463. The zero-order valence-corrected chi connectivity index (χ0v) is 10.8. The number of rotatable bonds is 2. The highest BCUT2D eigenvalue weighted by atomic mass is 32.1. The molecule has 20 heavy (non-hydrogen) atoms. The maximum absolute atomic E-state index is 11.9. The topological polar surface area (TPSA) is 111 Å². The van der Waals surface area contributed by atoms with Crippen molar-refractivity contribution in [2.45, 2.75) is 0 Å². The second-order valence-corrected chi connectivity index (χ2v) is 5.20. The monoisotopic (exact) mass is 288 g/mol. The quantitative estimate of drug-likeness (QED) is 0.499. The molecule has 3 N–H and O–H groups in total. The van der Waals surface area contributed by atoms with E-state index in [0.29, 0.717) is 27.5 Å². The molecule has 0 saturated carbocycles. The van der Waals surface area contributed by atoms with Crippen LogP contribution in [0.1, 0.15) is 10.4 Å². The number of fused-ring (bicyclic) bond motifs is 1. The van der Waals surface area contributed by atoms with E-state index >= 15 is 0 Å². The van der Waals surface area contributed by atoms with Gasteiger partial charge in [-0.15, -0.1) is 0 Å². The highest BCUT2D eigenvalue weighted by Gasteiger charge is 2.25. The molecule has 0 fully saturated rings. The van der Waals surface area contributed by atoms with Crippen molar-refractivity contribution in [1.82, 2.24) is 4.98 Å². The van der Waals surface area contributed by atoms with E-state index in [2.05, 4.69) is 10.3 Å². The lowest BCUT2D eigenvalue weighted by atomic mass is 10.1. The summed E-state index contributed by atoms with van der Waals surface area (Å²) in [6, 6.07) is 4.65. The number of nitrogens with one attached hydrogen (secondary N) is 1. The molecule has 1 aliphatic rings. The summed E-state index contributed by atoms with van der Waals surface area (Å²) in [5, 5.41) is 13.3. The fraction of sp³-hybridized carbons (Fsp3) is 0. The first-order valence-electron chi connectivity index (χ1n) is 5.58. The highest BCUT2D eigenvalue weighted by Crippen LogP contribution is 2.34. The van der Waals surface area contributed by atoms with E-state index in [9.17, 15) is 14.9 Å². The van der Waals surface area contributed by atoms with Crippen molar-refractivity contribution in [2.24, 2.45) is 0 Å². The standard InChI is InChI=1S/C12H8N4O3S/c13-6-3-8-9(12(17)15-11(8)14-5-6)4-7-1-2-10(20-7)16(18)19/h1-5H,13H2,(H,14,15,17). The number of nitrogens with zero attached hydrogens (tertiary/aromatic N) is 2. The van der Waals surface area contributed by atoms with Gasteiger partial charge >= 0.3 is 5.00 Å². The molecule has 0 aromatic carbocycles. The molecular weight excluding hydrogens is 280 g/mol. The molecule has 0 unspecified atom stereocenters. The number of nitrogen functional groups attached to an aromatic ring is 1. The number of nitrogens with two attached hydrogens (primary N) is 1. The van der Waals surface area contributed by atoms with Gasteiger partial charge in [0.15, 0.2) is 0 Å². The lowest BCUT2D eigenvalue weighted by Crippen LogP contribution is -2.04. The lowest BCUT2D eigenvalue weighted by molar-refractivity contribution is -0.380. The Labute approximate surface area is 116 Å². The van der Waals surface area contributed by atoms with Crippen molar-refractivity contribution in [3.8, 4) is 0 Å². The fourth-order valence-corrected chi connectivity index (χ4v) is 2.65. The SMILES string of the molecule is Nc1cnc2c(c1)C(=Cc1ccc([N+](=O)[O-])s1)C(=O)N2. The van der Waals surface area contributed by atoms with Gasteiger partial charge in [0.25, 0.3) is 5.91 Å². The van der Waals surface area contributed by atoms with Crippen LogP contribution in [-0.2, 0) is 4.79 Å². The van der Waals surface area contributed by atoms with Crippen molar-refractivity contribution >= 4 is 45.4 Å². The van der Waals surface area contributed by atoms with Gasteiger partial charge in [0.2, 0.25) is 0 Å². The van der Waals surface area contributed by atoms with Crippen LogP contribution in [0.2, 0.25) is 0 Å². The molecular formula is C12H8N4O3S. The van der Waals surface area contributed by atoms with Crippen LogP contribution < -0.4 is 11.1 Å². The molecule has 0 saturated heterocycles. The Morgan fingerprint density at radius 3 is 2.95 bits per heavy atom. The average Bonchev–Trinajstić information content (AvgIpc) is 2.97. The van der Waals surface area contributed by atoms with Crippen molar-refractivity contribution in [3.05, 3.63) is 45.0 Å². The summed E-state index contributed by atoms with van der Waals surface area (Å²) in [7, 11) is 0. The van der Waals surface area contributed by atoms with Gasteiger partial charge in [0, 0.05) is 16.5 Å². The smallest absolute Gasteiger partial charge is 0.324 e. The van der Waals surface area contributed by atoms with Crippen molar-refractivity contribution in [1.29, 1.82) is 0 Å². The van der Waals surface area contributed by atoms with E-state index in [1.54, 1.807) is 18.2 Å². The zero-order chi connectivity index (χ0) is 14.3. The second-order valence-electron chi connectivity index (χ2n) is 4.11. The van der Waals surface area contributed by atoms with Crippen LogP contribution in [0.5, 0.6) is 0 Å². The molecule has 0 radical (unpaired) electrons. The zero-order valence-electron chi connectivity index (χ0n) is 9.99. The van der Waals surface area contributed by atoms with Gasteiger partial charge in [-0.2, -0.15) is 0 Å². The van der Waals surface area contributed by atoms with Gasteiger partial charge in [-0.1, -0.05) is 11.3 Å². The number of amides is 1. The predicted molar refractivity (Wildman–Crippen MR) is 76.1 cm³/mol. The molecule has 1 amide bonds. The van der Waals surface area contributed by atoms with Crippen LogP contribution in [-0.4, -0.2) is 15.8 Å². The molecule has 8 heteroatoms. The molecule has 100 valence electrons. The summed E-state index contributed by atoms with van der Waals surface area (Å²) in [4.78, 5) is 26.7. The van der Waals surface area contributed by atoms with E-state index in [4.69, 9.17) is 5.73 Å². The van der Waals surface area contributed by atoms with Gasteiger partial charge < -0.3 is 11.1 Å². The number of nitro groups is 1. The molecule has 7 nitrogen and oxygen atoms in total. The molecule has 2 aromatic heterocycles. The van der Waals surface area contributed by atoms with Crippen LogP contribution >= 0.6 is 11.3 Å². The number of anilines is 2. The van der Waals surface area contributed by atoms with E-state index in [1.807, 2.05) is 0 Å². The van der Waals surface area contributed by atoms with E-state index in [0.717, 1.165) is 11.3 Å². The van der Waals surface area contributed by atoms with E-state index in [-0.39, 0.29) is 10.9 Å². The van der Waals surface area contributed by atoms with Crippen molar-refractivity contribution in [3.63, 3.8) is 0 Å². The molecule has 2 aromatic rings. The van der Waals surface area contributed by atoms with Gasteiger partial charge in [0.05, 0.1) is 22.4 Å². The summed E-state index contributed by atoms with van der Waals surface area (Å²) in [6.07, 6.45) is 3.05. The summed E-state index contributed by atoms with van der Waals surface area (Å²) in [5.41, 5.74) is 7.11.